The van der Waals surface area contributed by atoms with E-state index in [4.69, 9.17) is 10.3 Å². The number of primary amides is 1. The normalized spacial score (nSPS) is 11.0. The molecular weight excluding hydrogens is 334 g/mol. The predicted octanol–water partition coefficient (Wildman–Crippen LogP) is 1.75. The van der Waals surface area contributed by atoms with Crippen LogP contribution in [-0.2, 0) is 7.05 Å². The van der Waals surface area contributed by atoms with Gasteiger partial charge in [-0.2, -0.15) is 4.98 Å². The lowest BCUT2D eigenvalue weighted by molar-refractivity contribution is 0.0995. The fourth-order valence-corrected chi connectivity index (χ4v) is 2.67. The number of carbonyl (C=O) groups excluding carboxylic acids is 1. The van der Waals surface area contributed by atoms with Crippen molar-refractivity contribution in [3.8, 4) is 23.0 Å². The zero-order chi connectivity index (χ0) is 18.3. The number of pyridine rings is 2. The van der Waals surface area contributed by atoms with E-state index in [1.165, 1.54) is 16.8 Å². The molecule has 1 amide bonds. The maximum atomic E-state index is 12.5. The van der Waals surface area contributed by atoms with Gasteiger partial charge in [-0.25, -0.2) is 0 Å². The van der Waals surface area contributed by atoms with E-state index in [2.05, 4.69) is 15.1 Å². The van der Waals surface area contributed by atoms with Crippen LogP contribution in [0.5, 0.6) is 0 Å². The van der Waals surface area contributed by atoms with Crippen LogP contribution in [0.3, 0.4) is 0 Å². The number of amides is 1. The summed E-state index contributed by atoms with van der Waals surface area (Å²) in [5.41, 5.74) is 6.25. The molecule has 0 unspecified atom stereocenters. The minimum Gasteiger partial charge on any atom is -0.364 e. The number of benzene rings is 1. The zero-order valence-electron chi connectivity index (χ0n) is 13.7. The third-order valence-electron chi connectivity index (χ3n) is 4.07. The van der Waals surface area contributed by atoms with Crippen molar-refractivity contribution in [1.82, 2.24) is 19.7 Å². The van der Waals surface area contributed by atoms with Crippen LogP contribution >= 0.6 is 0 Å². The largest absolute Gasteiger partial charge is 0.364 e. The highest BCUT2D eigenvalue weighted by atomic mass is 16.5. The topological polar surface area (TPSA) is 117 Å². The molecule has 8 heteroatoms. The average Bonchev–Trinajstić information content (AvgIpc) is 3.14. The van der Waals surface area contributed by atoms with Crippen LogP contribution in [0, 0.1) is 0 Å². The van der Waals surface area contributed by atoms with E-state index in [-0.39, 0.29) is 17.1 Å². The molecule has 128 valence electrons. The number of nitrogens with two attached hydrogens (primary N) is 1. The number of hydrogen-bond acceptors (Lipinski definition) is 6. The summed E-state index contributed by atoms with van der Waals surface area (Å²) >= 11 is 0. The molecule has 0 saturated carbocycles. The van der Waals surface area contributed by atoms with E-state index < -0.39 is 5.91 Å². The molecule has 8 nitrogen and oxygen atoms in total. The zero-order valence-corrected chi connectivity index (χ0v) is 13.7. The minimum absolute atomic E-state index is 0.148. The van der Waals surface area contributed by atoms with Gasteiger partial charge in [-0.05, 0) is 29.7 Å². The molecule has 1 aromatic carbocycles. The van der Waals surface area contributed by atoms with Gasteiger partial charge in [0, 0.05) is 24.2 Å². The second-order valence-electron chi connectivity index (χ2n) is 5.70. The Balaban J connectivity index is 1.79. The van der Waals surface area contributed by atoms with E-state index in [0.29, 0.717) is 22.5 Å². The Labute approximate surface area is 146 Å². The Bertz CT molecular complexity index is 1190. The summed E-state index contributed by atoms with van der Waals surface area (Å²) in [5, 5.41) is 5.34. The van der Waals surface area contributed by atoms with Crippen molar-refractivity contribution in [3.63, 3.8) is 0 Å². The molecule has 0 radical (unpaired) electrons. The third kappa shape index (κ3) is 2.53. The molecule has 0 saturated heterocycles. The smallest absolute Gasteiger partial charge is 0.274 e. The Hall–Kier alpha value is -3.81. The lowest BCUT2D eigenvalue weighted by Gasteiger charge is -2.06. The fraction of sp³-hybridized carbons (Fsp3) is 0.0556. The summed E-state index contributed by atoms with van der Waals surface area (Å²) in [6.45, 7) is 0. The van der Waals surface area contributed by atoms with E-state index in [9.17, 15) is 9.59 Å². The highest BCUT2D eigenvalue weighted by Gasteiger charge is 2.16. The maximum absolute atomic E-state index is 12.5. The predicted molar refractivity (Wildman–Crippen MR) is 94.2 cm³/mol. The fourth-order valence-electron chi connectivity index (χ4n) is 2.67. The van der Waals surface area contributed by atoms with E-state index in [0.717, 1.165) is 5.39 Å². The van der Waals surface area contributed by atoms with Crippen LogP contribution in [0.1, 0.15) is 10.5 Å². The van der Waals surface area contributed by atoms with Crippen molar-refractivity contribution in [2.75, 3.05) is 0 Å². The van der Waals surface area contributed by atoms with Crippen molar-refractivity contribution < 1.29 is 9.32 Å². The first-order valence-corrected chi connectivity index (χ1v) is 7.73. The molecule has 0 aliphatic rings. The third-order valence-corrected chi connectivity index (χ3v) is 4.07. The number of aromatic nitrogens is 4. The number of rotatable bonds is 3. The highest BCUT2D eigenvalue weighted by molar-refractivity contribution is 5.91. The van der Waals surface area contributed by atoms with Crippen molar-refractivity contribution in [2.45, 2.75) is 0 Å². The first kappa shape index (κ1) is 15.7. The van der Waals surface area contributed by atoms with Crippen LogP contribution in [0.4, 0.5) is 0 Å². The van der Waals surface area contributed by atoms with Crippen LogP contribution in [0.2, 0.25) is 0 Å². The van der Waals surface area contributed by atoms with Gasteiger partial charge >= 0.3 is 0 Å². The molecule has 0 atom stereocenters. The number of carbonyl (C=O) groups is 1. The molecule has 4 aromatic rings. The van der Waals surface area contributed by atoms with Crippen molar-refractivity contribution in [2.24, 2.45) is 12.8 Å². The van der Waals surface area contributed by atoms with Crippen LogP contribution in [0.15, 0.2) is 58.0 Å². The Morgan fingerprint density at radius 1 is 1.19 bits per heavy atom. The molecule has 2 N–H and O–H groups in total. The van der Waals surface area contributed by atoms with Crippen molar-refractivity contribution in [3.05, 3.63) is 64.7 Å². The van der Waals surface area contributed by atoms with E-state index in [1.807, 2.05) is 24.3 Å². The van der Waals surface area contributed by atoms with Gasteiger partial charge in [-0.3, -0.25) is 14.6 Å². The van der Waals surface area contributed by atoms with Crippen LogP contribution in [0.25, 0.3) is 33.7 Å². The molecule has 3 aromatic heterocycles. The number of nitrogens with zero attached hydrogens (tertiary/aromatic N) is 4. The Morgan fingerprint density at radius 3 is 2.73 bits per heavy atom. The first-order chi connectivity index (χ1) is 12.5. The summed E-state index contributed by atoms with van der Waals surface area (Å²) in [5.74, 6) is -0.107. The Morgan fingerprint density at radius 2 is 2.00 bits per heavy atom. The lowest BCUT2D eigenvalue weighted by atomic mass is 10.1. The van der Waals surface area contributed by atoms with Gasteiger partial charge in [-0.1, -0.05) is 23.4 Å². The van der Waals surface area contributed by atoms with Crippen molar-refractivity contribution in [1.29, 1.82) is 0 Å². The van der Waals surface area contributed by atoms with Crippen molar-refractivity contribution >= 4 is 16.7 Å². The number of hydrogen-bond donors (Lipinski definition) is 1. The van der Waals surface area contributed by atoms with Crippen LogP contribution < -0.4 is 11.3 Å². The average molecular weight is 347 g/mol. The van der Waals surface area contributed by atoms with Gasteiger partial charge < -0.3 is 14.8 Å². The van der Waals surface area contributed by atoms with Gasteiger partial charge in [-0.15, -0.1) is 0 Å². The summed E-state index contributed by atoms with van der Waals surface area (Å²) in [6, 6.07) is 12.2. The van der Waals surface area contributed by atoms with Gasteiger partial charge in [0.1, 0.15) is 11.4 Å². The van der Waals surface area contributed by atoms with Gasteiger partial charge in [0.2, 0.25) is 5.82 Å². The lowest BCUT2D eigenvalue weighted by Crippen LogP contribution is -2.18. The van der Waals surface area contributed by atoms with E-state index in [1.54, 1.807) is 19.2 Å². The summed E-state index contributed by atoms with van der Waals surface area (Å²) in [4.78, 5) is 31.9. The quantitative estimate of drug-likeness (QED) is 0.603. The summed E-state index contributed by atoms with van der Waals surface area (Å²) in [6.07, 6.45) is 1.44. The second-order valence-corrected chi connectivity index (χ2v) is 5.70. The van der Waals surface area contributed by atoms with Gasteiger partial charge in [0.15, 0.2) is 0 Å². The SMILES string of the molecule is Cn1c(-c2nc(-c3ccc(C(N)=O)nc3)no2)cc2ccccc2c1=O. The number of fused-ring (bicyclic) bond motifs is 1. The second kappa shape index (κ2) is 5.92. The molecule has 4 rings (SSSR count). The monoisotopic (exact) mass is 347 g/mol. The molecule has 0 aliphatic heterocycles. The van der Waals surface area contributed by atoms with Gasteiger partial charge in [0.05, 0.1) is 0 Å². The molecule has 0 fully saturated rings. The minimum atomic E-state index is -0.614. The first-order valence-electron chi connectivity index (χ1n) is 7.73. The summed E-state index contributed by atoms with van der Waals surface area (Å²) in [7, 11) is 1.65. The molecular formula is C18H13N5O3. The molecule has 26 heavy (non-hydrogen) atoms. The highest BCUT2D eigenvalue weighted by Crippen LogP contribution is 2.23. The molecule has 0 spiro atoms. The standard InChI is InChI=1S/C18H13N5O3/c1-23-14(8-10-4-2-3-5-12(10)18(23)25)17-21-16(22-26-17)11-6-7-13(15(19)24)20-9-11/h2-9H,1H3,(H2,19,24). The maximum Gasteiger partial charge on any atom is 0.274 e. The summed E-state index contributed by atoms with van der Waals surface area (Å²) < 4.78 is 6.79. The van der Waals surface area contributed by atoms with Crippen LogP contribution in [-0.4, -0.2) is 25.6 Å². The molecule has 3 heterocycles. The molecule has 0 aliphatic carbocycles. The van der Waals surface area contributed by atoms with Gasteiger partial charge in [0.25, 0.3) is 17.4 Å². The molecule has 0 bridgehead atoms. The Kier molecular flexibility index (Phi) is 3.58. The van der Waals surface area contributed by atoms with E-state index >= 15 is 0 Å².